The van der Waals surface area contributed by atoms with Crippen LogP contribution in [0.4, 0.5) is 4.39 Å². The number of H-pyrrole nitrogens is 1. The third-order valence-corrected chi connectivity index (χ3v) is 2.90. The molecule has 0 radical (unpaired) electrons. The summed E-state index contributed by atoms with van der Waals surface area (Å²) in [5.74, 6) is 0.338. The smallest absolute Gasteiger partial charge is 0.132 e. The van der Waals surface area contributed by atoms with E-state index in [0.29, 0.717) is 17.1 Å². The van der Waals surface area contributed by atoms with Crippen LogP contribution in [0.25, 0.3) is 11.3 Å². The van der Waals surface area contributed by atoms with Crippen molar-refractivity contribution in [2.45, 2.75) is 19.4 Å². The molecule has 0 amide bonds. The number of hydrogen-bond acceptors (Lipinski definition) is 2. The summed E-state index contributed by atoms with van der Waals surface area (Å²) in [5, 5.41) is 0. The first-order chi connectivity index (χ1) is 7.88. The van der Waals surface area contributed by atoms with Gasteiger partial charge in [-0.3, -0.25) is 0 Å². The van der Waals surface area contributed by atoms with Gasteiger partial charge in [0.1, 0.15) is 11.6 Å². The maximum atomic E-state index is 13.7. The normalized spacial score (nSPS) is 11.8. The van der Waals surface area contributed by atoms with E-state index in [0.717, 1.165) is 4.47 Å². The molecule has 0 atom stereocenters. The molecule has 0 fully saturated rings. The third kappa shape index (κ3) is 2.56. The molecule has 0 bridgehead atoms. The molecular weight excluding hydrogens is 285 g/mol. The molecule has 0 spiro atoms. The van der Waals surface area contributed by atoms with Crippen molar-refractivity contribution in [3.05, 3.63) is 40.5 Å². The first-order valence-corrected chi connectivity index (χ1v) is 5.97. The lowest BCUT2D eigenvalue weighted by atomic mass is 10.1. The summed E-state index contributed by atoms with van der Waals surface area (Å²) in [7, 11) is 0. The monoisotopic (exact) mass is 297 g/mol. The lowest BCUT2D eigenvalue weighted by Crippen LogP contribution is -2.30. The Hall–Kier alpha value is -1.20. The van der Waals surface area contributed by atoms with Crippen molar-refractivity contribution in [3.63, 3.8) is 0 Å². The summed E-state index contributed by atoms with van der Waals surface area (Å²) in [6.07, 6.45) is 1.59. The van der Waals surface area contributed by atoms with E-state index in [-0.39, 0.29) is 5.82 Å². The molecule has 2 aromatic rings. The van der Waals surface area contributed by atoms with Gasteiger partial charge in [-0.05, 0) is 32.0 Å². The molecule has 5 heteroatoms. The maximum Gasteiger partial charge on any atom is 0.132 e. The highest BCUT2D eigenvalue weighted by Gasteiger charge is 2.19. The summed E-state index contributed by atoms with van der Waals surface area (Å²) in [6, 6.07) is 4.77. The molecule has 1 aromatic heterocycles. The Morgan fingerprint density at radius 3 is 2.71 bits per heavy atom. The Balaban J connectivity index is 2.47. The number of nitrogens with zero attached hydrogens (tertiary/aromatic N) is 1. The fourth-order valence-corrected chi connectivity index (χ4v) is 1.85. The quantitative estimate of drug-likeness (QED) is 0.894. The number of hydrogen-bond donors (Lipinski definition) is 2. The molecule has 3 nitrogen and oxygen atoms in total. The molecule has 0 aliphatic heterocycles. The molecule has 90 valence electrons. The molecule has 0 saturated heterocycles. The molecule has 1 aromatic carbocycles. The summed E-state index contributed by atoms with van der Waals surface area (Å²) < 4.78 is 14.5. The highest BCUT2D eigenvalue weighted by atomic mass is 79.9. The maximum absolute atomic E-state index is 13.7. The van der Waals surface area contributed by atoms with E-state index in [1.165, 1.54) is 6.07 Å². The molecule has 3 N–H and O–H groups in total. The van der Waals surface area contributed by atoms with Crippen molar-refractivity contribution in [2.75, 3.05) is 0 Å². The van der Waals surface area contributed by atoms with Crippen LogP contribution in [0.2, 0.25) is 0 Å². The second-order valence-electron chi connectivity index (χ2n) is 4.49. The van der Waals surface area contributed by atoms with Gasteiger partial charge in [-0.1, -0.05) is 15.9 Å². The van der Waals surface area contributed by atoms with Crippen molar-refractivity contribution in [1.82, 2.24) is 9.97 Å². The van der Waals surface area contributed by atoms with Crippen LogP contribution in [0.15, 0.2) is 28.9 Å². The predicted octanol–water partition coefficient (Wildman–Crippen LogP) is 3.17. The Morgan fingerprint density at radius 2 is 2.12 bits per heavy atom. The average molecular weight is 298 g/mol. The van der Waals surface area contributed by atoms with E-state index in [9.17, 15) is 4.39 Å². The average Bonchev–Trinajstić information content (AvgIpc) is 2.70. The van der Waals surface area contributed by atoms with Crippen LogP contribution in [0.1, 0.15) is 19.7 Å². The first kappa shape index (κ1) is 12.3. The minimum atomic E-state index is -0.569. The largest absolute Gasteiger partial charge is 0.340 e. The van der Waals surface area contributed by atoms with Gasteiger partial charge < -0.3 is 10.7 Å². The van der Waals surface area contributed by atoms with E-state index in [2.05, 4.69) is 25.9 Å². The van der Waals surface area contributed by atoms with E-state index < -0.39 is 5.54 Å². The zero-order valence-electron chi connectivity index (χ0n) is 9.59. The fraction of sp³-hybridized carbons (Fsp3) is 0.250. The Labute approximate surface area is 107 Å². The summed E-state index contributed by atoms with van der Waals surface area (Å²) in [5.41, 5.74) is 6.45. The summed E-state index contributed by atoms with van der Waals surface area (Å²) >= 11 is 3.31. The van der Waals surface area contributed by atoms with Crippen molar-refractivity contribution in [3.8, 4) is 11.3 Å². The number of rotatable bonds is 2. The predicted molar refractivity (Wildman–Crippen MR) is 68.9 cm³/mol. The Kier molecular flexibility index (Phi) is 3.05. The van der Waals surface area contributed by atoms with Crippen LogP contribution in [-0.2, 0) is 5.54 Å². The SMILES string of the molecule is CC(C)(N)c1ncc(-c2cc(Br)ccc2F)[nH]1. The minimum absolute atomic E-state index is 0.293. The second-order valence-corrected chi connectivity index (χ2v) is 5.41. The number of aromatic amines is 1. The van der Waals surface area contributed by atoms with Gasteiger partial charge in [0.05, 0.1) is 17.4 Å². The lowest BCUT2D eigenvalue weighted by molar-refractivity contribution is 0.520. The number of imidazole rings is 1. The first-order valence-electron chi connectivity index (χ1n) is 5.18. The van der Waals surface area contributed by atoms with E-state index in [1.807, 2.05) is 13.8 Å². The van der Waals surface area contributed by atoms with Crippen LogP contribution in [0.3, 0.4) is 0 Å². The van der Waals surface area contributed by atoms with Crippen molar-refractivity contribution in [2.24, 2.45) is 5.73 Å². The van der Waals surface area contributed by atoms with Crippen molar-refractivity contribution in [1.29, 1.82) is 0 Å². The van der Waals surface area contributed by atoms with Gasteiger partial charge in [0.2, 0.25) is 0 Å². The van der Waals surface area contributed by atoms with Gasteiger partial charge in [0.25, 0.3) is 0 Å². The Bertz CT molecular complexity index is 543. The topological polar surface area (TPSA) is 54.7 Å². The zero-order valence-corrected chi connectivity index (χ0v) is 11.2. The molecule has 1 heterocycles. The van der Waals surface area contributed by atoms with Crippen LogP contribution in [-0.4, -0.2) is 9.97 Å². The standard InChI is InChI=1S/C12H13BrFN3/c1-12(2,15)11-16-6-10(17-11)8-5-7(13)3-4-9(8)14/h3-6H,15H2,1-2H3,(H,16,17). The molecule has 0 aliphatic carbocycles. The Morgan fingerprint density at radius 1 is 1.41 bits per heavy atom. The highest BCUT2D eigenvalue weighted by Crippen LogP contribution is 2.26. The van der Waals surface area contributed by atoms with Crippen molar-refractivity contribution >= 4 is 15.9 Å². The second kappa shape index (κ2) is 4.23. The molecule has 0 saturated carbocycles. The molecule has 0 aliphatic rings. The van der Waals surface area contributed by atoms with Crippen LogP contribution in [0.5, 0.6) is 0 Å². The van der Waals surface area contributed by atoms with Gasteiger partial charge >= 0.3 is 0 Å². The van der Waals surface area contributed by atoms with Gasteiger partial charge in [-0.15, -0.1) is 0 Å². The highest BCUT2D eigenvalue weighted by molar-refractivity contribution is 9.10. The van der Waals surface area contributed by atoms with Crippen molar-refractivity contribution < 1.29 is 4.39 Å². The number of halogens is 2. The molecule has 2 rings (SSSR count). The lowest BCUT2D eigenvalue weighted by Gasteiger charge is -2.14. The number of benzene rings is 1. The summed E-state index contributed by atoms with van der Waals surface area (Å²) in [6.45, 7) is 3.68. The number of nitrogens with two attached hydrogens (primary N) is 1. The fourth-order valence-electron chi connectivity index (χ4n) is 1.49. The molecule has 0 unspecified atom stereocenters. The van der Waals surface area contributed by atoms with E-state index in [1.54, 1.807) is 18.3 Å². The van der Waals surface area contributed by atoms with Crippen LogP contribution < -0.4 is 5.73 Å². The number of nitrogens with one attached hydrogen (secondary N) is 1. The number of aromatic nitrogens is 2. The third-order valence-electron chi connectivity index (χ3n) is 2.40. The van der Waals surface area contributed by atoms with E-state index in [4.69, 9.17) is 5.73 Å². The van der Waals surface area contributed by atoms with Gasteiger partial charge in [0, 0.05) is 10.0 Å². The van der Waals surface area contributed by atoms with Crippen LogP contribution in [0, 0.1) is 5.82 Å². The van der Waals surface area contributed by atoms with Gasteiger partial charge in [-0.2, -0.15) is 0 Å². The van der Waals surface area contributed by atoms with Crippen LogP contribution >= 0.6 is 15.9 Å². The molecule has 17 heavy (non-hydrogen) atoms. The molecular formula is C12H13BrFN3. The minimum Gasteiger partial charge on any atom is -0.340 e. The van der Waals surface area contributed by atoms with E-state index >= 15 is 0 Å². The van der Waals surface area contributed by atoms with Gasteiger partial charge in [-0.25, -0.2) is 9.37 Å². The summed E-state index contributed by atoms with van der Waals surface area (Å²) in [4.78, 5) is 7.21. The zero-order chi connectivity index (χ0) is 12.6. The van der Waals surface area contributed by atoms with Gasteiger partial charge in [0.15, 0.2) is 0 Å².